The number of aromatic nitrogens is 2. The summed E-state index contributed by atoms with van der Waals surface area (Å²) >= 11 is 0. The fraction of sp³-hybridized carbons (Fsp3) is 0.357. The molecule has 0 bridgehead atoms. The van der Waals surface area contributed by atoms with Crippen LogP contribution in [0, 0.1) is 18.6 Å². The predicted molar refractivity (Wildman–Crippen MR) is 137 cm³/mol. The minimum Gasteiger partial charge on any atom is -0.495 e. The molecule has 2 unspecified atom stereocenters. The Balaban J connectivity index is 1.55. The van der Waals surface area contributed by atoms with Gasteiger partial charge in [0.1, 0.15) is 12.9 Å². The van der Waals surface area contributed by atoms with Gasteiger partial charge in [0, 0.05) is 6.20 Å². The zero-order chi connectivity index (χ0) is 26.2. The highest BCUT2D eigenvalue weighted by Crippen LogP contribution is 2.41. The monoisotopic (exact) mass is 508 g/mol. The number of piperidine rings is 1. The molecule has 0 amide bonds. The fourth-order valence-corrected chi connectivity index (χ4v) is 5.28. The van der Waals surface area contributed by atoms with Crippen molar-refractivity contribution in [2.75, 3.05) is 27.4 Å². The van der Waals surface area contributed by atoms with Gasteiger partial charge in [-0.15, -0.1) is 0 Å². The molecule has 2 atom stereocenters. The standard InChI is InChI=1S/C28H30F2N4O3/c1-18-14-33(17-31-18)25-10-5-19(12-26(25)35-3)11-20-6-8-22-15-37-16-28(2,34(22)27(20)32-36-4)21-7-9-23(29)24(30)13-21/h5,7,9-14,17,22H,6,8,15-16H2,1-4H3/b20-11+,32-27+. The number of morpholine rings is 1. The van der Waals surface area contributed by atoms with E-state index in [1.54, 1.807) is 19.5 Å². The van der Waals surface area contributed by atoms with Gasteiger partial charge < -0.3 is 23.8 Å². The zero-order valence-corrected chi connectivity index (χ0v) is 21.4. The summed E-state index contributed by atoms with van der Waals surface area (Å²) < 4.78 is 41.5. The molecule has 0 saturated carbocycles. The van der Waals surface area contributed by atoms with Crippen molar-refractivity contribution >= 4 is 11.9 Å². The fourth-order valence-electron chi connectivity index (χ4n) is 5.28. The molecule has 7 nitrogen and oxygen atoms in total. The molecule has 5 rings (SSSR count). The first kappa shape index (κ1) is 25.0. The predicted octanol–water partition coefficient (Wildman–Crippen LogP) is 5.22. The number of oxime groups is 1. The quantitative estimate of drug-likeness (QED) is 0.442. The highest BCUT2D eigenvalue weighted by atomic mass is 19.2. The number of fused-ring (bicyclic) bond motifs is 1. The van der Waals surface area contributed by atoms with Crippen LogP contribution in [0.2, 0.25) is 0 Å². The van der Waals surface area contributed by atoms with E-state index in [-0.39, 0.29) is 6.04 Å². The summed E-state index contributed by atoms with van der Waals surface area (Å²) in [7, 11) is 3.15. The van der Waals surface area contributed by atoms with E-state index in [0.717, 1.165) is 41.4 Å². The van der Waals surface area contributed by atoms with Crippen LogP contribution >= 0.6 is 0 Å². The van der Waals surface area contributed by atoms with Gasteiger partial charge in [-0.2, -0.15) is 0 Å². The maximum absolute atomic E-state index is 14.2. The van der Waals surface area contributed by atoms with Crippen molar-refractivity contribution in [3.05, 3.63) is 83.0 Å². The first-order chi connectivity index (χ1) is 17.8. The Morgan fingerprint density at radius 3 is 2.70 bits per heavy atom. The van der Waals surface area contributed by atoms with E-state index < -0.39 is 17.2 Å². The van der Waals surface area contributed by atoms with Gasteiger partial charge in [-0.1, -0.05) is 17.3 Å². The van der Waals surface area contributed by atoms with Crippen molar-refractivity contribution < 1.29 is 23.1 Å². The lowest BCUT2D eigenvalue weighted by Gasteiger charge is -2.53. The number of amidine groups is 1. The molecular formula is C28H30F2N4O3. The normalized spacial score (nSPS) is 23.8. The number of rotatable bonds is 5. The lowest BCUT2D eigenvalue weighted by molar-refractivity contribution is -0.0707. The van der Waals surface area contributed by atoms with Crippen LogP contribution in [0.1, 0.15) is 36.6 Å². The summed E-state index contributed by atoms with van der Waals surface area (Å²) in [5.41, 5.74) is 3.57. The van der Waals surface area contributed by atoms with Crippen LogP contribution in [0.3, 0.4) is 0 Å². The highest BCUT2D eigenvalue weighted by Gasteiger charge is 2.47. The van der Waals surface area contributed by atoms with Crippen molar-refractivity contribution in [3.63, 3.8) is 0 Å². The van der Waals surface area contributed by atoms with Crippen LogP contribution in [0.4, 0.5) is 8.78 Å². The average molecular weight is 509 g/mol. The summed E-state index contributed by atoms with van der Waals surface area (Å²) in [6, 6.07) is 10.00. The molecular weight excluding hydrogens is 478 g/mol. The summed E-state index contributed by atoms with van der Waals surface area (Å²) in [5, 5.41) is 4.42. The number of hydrogen-bond acceptors (Lipinski definition) is 5. The van der Waals surface area contributed by atoms with Gasteiger partial charge in [0.2, 0.25) is 0 Å². The minimum atomic E-state index is -0.890. The second-order valence-electron chi connectivity index (χ2n) is 9.60. The summed E-state index contributed by atoms with van der Waals surface area (Å²) in [6.45, 7) is 4.72. The summed E-state index contributed by atoms with van der Waals surface area (Å²) in [5.74, 6) is -0.403. The number of imidazole rings is 1. The molecule has 3 aromatic rings. The SMILES string of the molecule is CO/N=C1\C(=C\c2ccc(-n3cnc(C)c3)c(OC)c2)CCC2COCC(C)(c3ccc(F)c(F)c3)N12. The molecule has 2 aromatic carbocycles. The van der Waals surface area contributed by atoms with Crippen LogP contribution in [0.25, 0.3) is 11.8 Å². The van der Waals surface area contributed by atoms with E-state index in [1.807, 2.05) is 42.8 Å². The number of halogens is 2. The van der Waals surface area contributed by atoms with Crippen LogP contribution < -0.4 is 4.74 Å². The van der Waals surface area contributed by atoms with Gasteiger partial charge in [-0.05, 0) is 73.7 Å². The Hall–Kier alpha value is -3.72. The lowest BCUT2D eigenvalue weighted by Crippen LogP contribution is -2.62. The Morgan fingerprint density at radius 1 is 1.16 bits per heavy atom. The molecule has 194 valence electrons. The van der Waals surface area contributed by atoms with Crippen LogP contribution in [-0.4, -0.2) is 53.8 Å². The Morgan fingerprint density at radius 2 is 2.00 bits per heavy atom. The first-order valence-corrected chi connectivity index (χ1v) is 12.2. The number of benzene rings is 2. The Kier molecular flexibility index (Phi) is 6.72. The molecule has 2 aliphatic rings. The molecule has 0 aliphatic carbocycles. The van der Waals surface area contributed by atoms with Crippen LogP contribution in [0.5, 0.6) is 5.75 Å². The second kappa shape index (κ2) is 9.97. The second-order valence-corrected chi connectivity index (χ2v) is 9.60. The number of hydrogen-bond donors (Lipinski definition) is 0. The topological polar surface area (TPSA) is 61.1 Å². The Bertz CT molecular complexity index is 1370. The molecule has 0 radical (unpaired) electrons. The van der Waals surface area contributed by atoms with Gasteiger partial charge in [0.05, 0.1) is 49.6 Å². The molecule has 1 aromatic heterocycles. The van der Waals surface area contributed by atoms with Gasteiger partial charge >= 0.3 is 0 Å². The van der Waals surface area contributed by atoms with Crippen molar-refractivity contribution in [1.29, 1.82) is 0 Å². The maximum atomic E-state index is 14.2. The van der Waals surface area contributed by atoms with Crippen molar-refractivity contribution in [3.8, 4) is 11.4 Å². The molecule has 0 spiro atoms. The van der Waals surface area contributed by atoms with Gasteiger partial charge in [-0.25, -0.2) is 13.8 Å². The lowest BCUT2D eigenvalue weighted by atomic mass is 9.83. The minimum absolute atomic E-state index is 0.0132. The van der Waals surface area contributed by atoms with Crippen LogP contribution in [0.15, 0.2) is 59.7 Å². The van der Waals surface area contributed by atoms with E-state index in [4.69, 9.17) is 14.3 Å². The third-order valence-corrected chi connectivity index (χ3v) is 7.11. The zero-order valence-electron chi connectivity index (χ0n) is 21.4. The molecule has 9 heteroatoms. The maximum Gasteiger partial charge on any atom is 0.172 e. The third-order valence-electron chi connectivity index (χ3n) is 7.11. The van der Waals surface area contributed by atoms with Gasteiger partial charge in [0.15, 0.2) is 17.5 Å². The van der Waals surface area contributed by atoms with E-state index >= 15 is 0 Å². The summed E-state index contributed by atoms with van der Waals surface area (Å²) in [6.07, 6.45) is 7.34. The first-order valence-electron chi connectivity index (χ1n) is 12.2. The number of methoxy groups -OCH3 is 1. The van der Waals surface area contributed by atoms with Crippen LogP contribution in [-0.2, 0) is 15.1 Å². The van der Waals surface area contributed by atoms with E-state index in [0.29, 0.717) is 30.4 Å². The summed E-state index contributed by atoms with van der Waals surface area (Å²) in [4.78, 5) is 11.7. The smallest absolute Gasteiger partial charge is 0.172 e. The highest BCUT2D eigenvalue weighted by molar-refractivity contribution is 6.03. The third kappa shape index (κ3) is 4.59. The van der Waals surface area contributed by atoms with Gasteiger partial charge in [0.25, 0.3) is 0 Å². The van der Waals surface area contributed by atoms with E-state index in [1.165, 1.54) is 13.2 Å². The molecule has 2 saturated heterocycles. The molecule has 3 heterocycles. The largest absolute Gasteiger partial charge is 0.495 e. The van der Waals surface area contributed by atoms with E-state index in [2.05, 4.69) is 21.1 Å². The van der Waals surface area contributed by atoms with E-state index in [9.17, 15) is 8.78 Å². The van der Waals surface area contributed by atoms with Crippen molar-refractivity contribution in [2.24, 2.45) is 5.16 Å². The van der Waals surface area contributed by atoms with Crippen molar-refractivity contribution in [1.82, 2.24) is 14.5 Å². The Labute approximate surface area is 215 Å². The average Bonchev–Trinajstić information content (AvgIpc) is 3.33. The van der Waals surface area contributed by atoms with Crippen molar-refractivity contribution in [2.45, 2.75) is 38.3 Å². The number of nitrogens with zero attached hydrogens (tertiary/aromatic N) is 4. The number of aryl methyl sites for hydroxylation is 1. The number of ether oxygens (including phenoxy) is 2. The molecule has 37 heavy (non-hydrogen) atoms. The molecule has 2 fully saturated rings. The molecule has 0 N–H and O–H groups in total. The van der Waals surface area contributed by atoms with Gasteiger partial charge in [-0.3, -0.25) is 0 Å². The molecule has 2 aliphatic heterocycles.